The maximum Gasteiger partial charge on any atom is 0.408 e. The Bertz CT molecular complexity index is 890. The molecule has 0 saturated heterocycles. The van der Waals surface area contributed by atoms with Crippen molar-refractivity contribution in [3.63, 3.8) is 0 Å². The number of halogens is 1. The van der Waals surface area contributed by atoms with Gasteiger partial charge in [0.25, 0.3) is 5.91 Å². The Labute approximate surface area is 163 Å². The van der Waals surface area contributed by atoms with Crippen molar-refractivity contribution < 1.29 is 14.3 Å². The third kappa shape index (κ3) is 6.21. The maximum atomic E-state index is 12.0. The summed E-state index contributed by atoms with van der Waals surface area (Å²) in [6.45, 7) is 8.73. The van der Waals surface area contributed by atoms with Crippen LogP contribution in [0.15, 0.2) is 29.4 Å². The van der Waals surface area contributed by atoms with Gasteiger partial charge in [-0.25, -0.2) is 15.2 Å². The zero-order chi connectivity index (χ0) is 20.2. The molecule has 8 heteroatoms. The number of nitrogens with one attached hydrogen (secondary N) is 2. The lowest BCUT2D eigenvalue weighted by molar-refractivity contribution is -0.122. The Hall–Kier alpha value is -2.67. The Morgan fingerprint density at radius 2 is 2.00 bits per heavy atom. The van der Waals surface area contributed by atoms with Crippen molar-refractivity contribution in [3.8, 4) is 0 Å². The van der Waals surface area contributed by atoms with Gasteiger partial charge in [0.1, 0.15) is 16.8 Å². The first-order valence-corrected chi connectivity index (χ1v) is 8.82. The second-order valence-corrected chi connectivity index (χ2v) is 7.52. The largest absolute Gasteiger partial charge is 0.444 e. The van der Waals surface area contributed by atoms with E-state index in [-0.39, 0.29) is 5.15 Å². The highest BCUT2D eigenvalue weighted by atomic mass is 35.5. The molecule has 0 radical (unpaired) electrons. The van der Waals surface area contributed by atoms with Gasteiger partial charge >= 0.3 is 6.09 Å². The summed E-state index contributed by atoms with van der Waals surface area (Å²) in [6, 6.07) is 6.88. The molecule has 7 nitrogen and oxygen atoms in total. The van der Waals surface area contributed by atoms with Gasteiger partial charge in [-0.2, -0.15) is 5.10 Å². The number of aryl methyl sites for hydroxylation is 1. The van der Waals surface area contributed by atoms with Crippen molar-refractivity contribution >= 4 is 40.7 Å². The SMILES string of the molecule is Cc1ccc2cc(C=NNC(=O)C(C)NC(=O)OC(C)(C)C)c(Cl)nc2c1. The van der Waals surface area contributed by atoms with Crippen LogP contribution < -0.4 is 10.7 Å². The van der Waals surface area contributed by atoms with Crippen molar-refractivity contribution in [2.45, 2.75) is 46.3 Å². The molecule has 0 saturated carbocycles. The lowest BCUT2D eigenvalue weighted by Gasteiger charge is -2.21. The monoisotopic (exact) mass is 390 g/mol. The molecular formula is C19H23ClN4O3. The maximum absolute atomic E-state index is 12.0. The summed E-state index contributed by atoms with van der Waals surface area (Å²) in [7, 11) is 0. The molecule has 0 aliphatic carbocycles. The molecule has 0 aliphatic rings. The Morgan fingerprint density at radius 1 is 1.30 bits per heavy atom. The molecule has 2 rings (SSSR count). The molecule has 144 valence electrons. The highest BCUT2D eigenvalue weighted by Crippen LogP contribution is 2.20. The Morgan fingerprint density at radius 3 is 2.67 bits per heavy atom. The molecule has 0 spiro atoms. The number of alkyl carbamates (subject to hydrolysis) is 1. The zero-order valence-electron chi connectivity index (χ0n) is 16.0. The van der Waals surface area contributed by atoms with E-state index in [9.17, 15) is 9.59 Å². The number of ether oxygens (including phenoxy) is 1. The fourth-order valence-corrected chi connectivity index (χ4v) is 2.37. The molecule has 0 bridgehead atoms. The molecule has 0 aliphatic heterocycles. The van der Waals surface area contributed by atoms with E-state index in [4.69, 9.17) is 16.3 Å². The molecular weight excluding hydrogens is 368 g/mol. The molecule has 2 aromatic rings. The van der Waals surface area contributed by atoms with Crippen molar-refractivity contribution in [2.75, 3.05) is 0 Å². The van der Waals surface area contributed by atoms with E-state index >= 15 is 0 Å². The molecule has 27 heavy (non-hydrogen) atoms. The van der Waals surface area contributed by atoms with Gasteiger partial charge in [0.15, 0.2) is 0 Å². The number of carbonyl (C=O) groups is 2. The van der Waals surface area contributed by atoms with Crippen LogP contribution in [-0.2, 0) is 9.53 Å². The molecule has 1 heterocycles. The normalized spacial score (nSPS) is 12.8. The topological polar surface area (TPSA) is 92.7 Å². The first kappa shape index (κ1) is 20.6. The van der Waals surface area contributed by atoms with Gasteiger partial charge in [-0.1, -0.05) is 23.7 Å². The van der Waals surface area contributed by atoms with Crippen molar-refractivity contribution in [1.29, 1.82) is 0 Å². The summed E-state index contributed by atoms with van der Waals surface area (Å²) in [5.74, 6) is -0.488. The number of carbonyl (C=O) groups excluding carboxylic acids is 2. The first-order valence-electron chi connectivity index (χ1n) is 8.44. The van der Waals surface area contributed by atoms with Crippen LogP contribution in [0.2, 0.25) is 5.15 Å². The van der Waals surface area contributed by atoms with E-state index in [1.165, 1.54) is 13.1 Å². The summed E-state index contributed by atoms with van der Waals surface area (Å²) in [5, 5.41) is 7.53. The van der Waals surface area contributed by atoms with Gasteiger partial charge in [0.05, 0.1) is 11.7 Å². The van der Waals surface area contributed by atoms with Crippen molar-refractivity contribution in [2.24, 2.45) is 5.10 Å². The Kier molecular flexibility index (Phi) is 6.38. The number of rotatable bonds is 4. The van der Waals surface area contributed by atoms with E-state index in [1.54, 1.807) is 20.8 Å². The van der Waals surface area contributed by atoms with Gasteiger partial charge < -0.3 is 10.1 Å². The Balaban J connectivity index is 1.99. The third-order valence-corrected chi connectivity index (χ3v) is 3.76. The number of hydrogen-bond acceptors (Lipinski definition) is 5. The molecule has 2 amide bonds. The number of aromatic nitrogens is 1. The minimum absolute atomic E-state index is 0.283. The van der Waals surface area contributed by atoms with Crippen LogP contribution in [0.25, 0.3) is 10.9 Å². The summed E-state index contributed by atoms with van der Waals surface area (Å²) in [4.78, 5) is 28.0. The molecule has 1 unspecified atom stereocenters. The summed E-state index contributed by atoms with van der Waals surface area (Å²) in [6.07, 6.45) is 0.735. The summed E-state index contributed by atoms with van der Waals surface area (Å²) < 4.78 is 5.10. The van der Waals surface area contributed by atoms with Gasteiger partial charge in [-0.3, -0.25) is 4.79 Å². The number of hydrogen-bond donors (Lipinski definition) is 2. The molecule has 1 aromatic carbocycles. The van der Waals surface area contributed by atoms with E-state index in [0.717, 1.165) is 16.5 Å². The fourth-order valence-electron chi connectivity index (χ4n) is 2.17. The van der Waals surface area contributed by atoms with Crippen LogP contribution in [0.4, 0.5) is 4.79 Å². The standard InChI is InChI=1S/C19H23ClN4O3/c1-11-6-7-13-9-14(16(20)23-15(13)8-11)10-21-24-17(25)12(2)22-18(26)27-19(3,4)5/h6-10,12H,1-5H3,(H,22,26)(H,24,25). The molecule has 0 fully saturated rings. The third-order valence-electron chi connectivity index (χ3n) is 3.46. The average molecular weight is 391 g/mol. The fraction of sp³-hybridized carbons (Fsp3) is 0.368. The number of amides is 2. The van der Waals surface area contributed by atoms with Crippen LogP contribution >= 0.6 is 11.6 Å². The molecule has 1 atom stereocenters. The zero-order valence-corrected chi connectivity index (χ0v) is 16.7. The minimum atomic E-state index is -0.815. The van der Waals surface area contributed by atoms with Gasteiger partial charge in [0, 0.05) is 10.9 Å². The first-order chi connectivity index (χ1) is 12.5. The van der Waals surface area contributed by atoms with Gasteiger partial charge in [-0.15, -0.1) is 0 Å². The van der Waals surface area contributed by atoms with E-state index in [2.05, 4.69) is 20.8 Å². The number of pyridine rings is 1. The number of nitrogens with zero attached hydrogens (tertiary/aromatic N) is 2. The van der Waals surface area contributed by atoms with E-state index in [1.807, 2.05) is 31.2 Å². The van der Waals surface area contributed by atoms with Crippen LogP contribution in [-0.4, -0.2) is 34.8 Å². The average Bonchev–Trinajstić information content (AvgIpc) is 2.53. The lowest BCUT2D eigenvalue weighted by Crippen LogP contribution is -2.45. The highest BCUT2D eigenvalue weighted by molar-refractivity contribution is 6.32. The second kappa shape index (κ2) is 8.35. The minimum Gasteiger partial charge on any atom is -0.444 e. The second-order valence-electron chi connectivity index (χ2n) is 7.17. The lowest BCUT2D eigenvalue weighted by atomic mass is 10.1. The van der Waals surface area contributed by atoms with Crippen LogP contribution in [0.3, 0.4) is 0 Å². The smallest absolute Gasteiger partial charge is 0.408 e. The number of fused-ring (bicyclic) bond motifs is 1. The van der Waals surface area contributed by atoms with E-state index < -0.39 is 23.6 Å². The van der Waals surface area contributed by atoms with Crippen LogP contribution in [0.1, 0.15) is 38.8 Å². The summed E-state index contributed by atoms with van der Waals surface area (Å²) >= 11 is 6.18. The predicted molar refractivity (Wildman–Crippen MR) is 106 cm³/mol. The quantitative estimate of drug-likeness (QED) is 0.474. The number of benzene rings is 1. The highest BCUT2D eigenvalue weighted by Gasteiger charge is 2.20. The molecule has 2 N–H and O–H groups in total. The summed E-state index contributed by atoms with van der Waals surface area (Å²) in [5.41, 5.74) is 4.16. The van der Waals surface area contributed by atoms with Crippen molar-refractivity contribution in [1.82, 2.24) is 15.7 Å². The van der Waals surface area contributed by atoms with Gasteiger partial charge in [-0.05, 0) is 52.3 Å². The van der Waals surface area contributed by atoms with Gasteiger partial charge in [0.2, 0.25) is 0 Å². The van der Waals surface area contributed by atoms with Crippen molar-refractivity contribution in [3.05, 3.63) is 40.5 Å². The van der Waals surface area contributed by atoms with Crippen LogP contribution in [0.5, 0.6) is 0 Å². The molecule has 1 aromatic heterocycles. The van der Waals surface area contributed by atoms with Crippen LogP contribution in [0, 0.1) is 6.92 Å². The van der Waals surface area contributed by atoms with E-state index in [0.29, 0.717) is 5.56 Å². The number of hydrazone groups is 1. The predicted octanol–water partition coefficient (Wildman–Crippen LogP) is 3.56.